The quantitative estimate of drug-likeness (QED) is 0.00874. The van der Waals surface area contributed by atoms with Crippen LogP contribution in [-0.4, -0.2) is 224 Å². The molecule has 29 nitrogen and oxygen atoms in total. The summed E-state index contributed by atoms with van der Waals surface area (Å²) in [6.45, 7) is 3.88. The van der Waals surface area contributed by atoms with Crippen molar-refractivity contribution in [1.29, 1.82) is 0 Å². The van der Waals surface area contributed by atoms with Gasteiger partial charge in [0.1, 0.15) is 35.1 Å². The maximum Gasteiger partial charge on any atom is 0.321 e. The van der Waals surface area contributed by atoms with Gasteiger partial charge in [0.2, 0.25) is 17.7 Å². The highest BCUT2D eigenvalue weighted by molar-refractivity contribution is 5.95. The normalized spacial score (nSPS) is 15.0. The minimum Gasteiger partial charge on any atom is -0.508 e. The maximum absolute atomic E-state index is 14.5. The summed E-state index contributed by atoms with van der Waals surface area (Å²) < 4.78 is 6.14. The van der Waals surface area contributed by atoms with E-state index in [-0.39, 0.29) is 160 Å². The van der Waals surface area contributed by atoms with Crippen LogP contribution in [0.25, 0.3) is 0 Å². The average molecular weight is 1230 g/mol. The molecule has 1 fully saturated rings. The molecule has 5 amide bonds. The van der Waals surface area contributed by atoms with E-state index in [1.807, 2.05) is 6.07 Å². The number of amides is 5. The molecular weight excluding hydrogens is 1140 g/mol. The summed E-state index contributed by atoms with van der Waals surface area (Å²) in [6, 6.07) is 20.7. The topological polar surface area (TPSA) is 408 Å². The van der Waals surface area contributed by atoms with Crippen molar-refractivity contribution in [3.63, 3.8) is 0 Å². The lowest BCUT2D eigenvalue weighted by molar-refractivity contribution is -0.140. The van der Waals surface area contributed by atoms with Gasteiger partial charge in [-0.25, -0.2) is 4.79 Å². The summed E-state index contributed by atoms with van der Waals surface area (Å²) >= 11 is 0. The Morgan fingerprint density at radius 1 is 0.659 bits per heavy atom. The number of carboxylic acids is 3. The molecule has 1 aliphatic rings. The third-order valence-electron chi connectivity index (χ3n) is 14.2. The molecule has 14 N–H and O–H groups in total. The number of benzene rings is 3. The van der Waals surface area contributed by atoms with Gasteiger partial charge in [0.25, 0.3) is 10.9 Å². The number of hydrogen-bond donors (Lipinski definition) is 13. The van der Waals surface area contributed by atoms with Gasteiger partial charge in [-0.1, -0.05) is 61.5 Å². The van der Waals surface area contributed by atoms with Crippen LogP contribution in [0, 0.1) is 0 Å². The van der Waals surface area contributed by atoms with Gasteiger partial charge in [-0.2, -0.15) is 0 Å². The van der Waals surface area contributed by atoms with E-state index in [4.69, 9.17) is 10.5 Å². The Kier molecular flexibility index (Phi) is 29.7. The third kappa shape index (κ3) is 24.8. The summed E-state index contributed by atoms with van der Waals surface area (Å²) in [5, 5.41) is 60.9. The number of nitrogens with zero attached hydrogens (tertiary/aromatic N) is 5. The van der Waals surface area contributed by atoms with E-state index in [9.17, 15) is 68.4 Å². The molecule has 3 atom stereocenters. The van der Waals surface area contributed by atoms with Crippen molar-refractivity contribution in [2.75, 3.05) is 129 Å². The number of aldehydes is 1. The number of aliphatic carboxylic acids is 3. The molecule has 1 aliphatic heterocycles. The number of carbonyl (C=O) groups is 8. The van der Waals surface area contributed by atoms with Gasteiger partial charge >= 0.3 is 23.9 Å². The number of phenols is 1. The van der Waals surface area contributed by atoms with Crippen LogP contribution >= 0.6 is 0 Å². The summed E-state index contributed by atoms with van der Waals surface area (Å²) in [6.07, 6.45) is 1.55. The fourth-order valence-corrected chi connectivity index (χ4v) is 9.48. The number of aliphatic imine (C=N–C) groups is 1. The SMILES string of the molecule is CCC(=O)NCCNC(=O)NC(N)=NCCC[C@@H](NC(=O)C(c1ccccc1)c1cccc(OCCCCNc2c(NCCNC(C=O)N3CCN(CC(=O)O)CCN(CC(=O)O)CCN(CC(=O)O)CC3)c(=O)c2=O)c1)C(=O)NCc1ccc(O)cc1. The molecule has 5 rings (SSSR count). The Bertz CT molecular complexity index is 2990. The first-order valence-electron chi connectivity index (χ1n) is 29.1. The zero-order chi connectivity index (χ0) is 63.8. The second kappa shape index (κ2) is 37.5. The van der Waals surface area contributed by atoms with Crippen molar-refractivity contribution in [1.82, 2.24) is 51.5 Å². The highest BCUT2D eigenvalue weighted by Gasteiger charge is 2.29. The lowest BCUT2D eigenvalue weighted by atomic mass is 9.90. The highest BCUT2D eigenvalue weighted by atomic mass is 16.5. The Morgan fingerprint density at radius 2 is 1.24 bits per heavy atom. The van der Waals surface area contributed by atoms with Crippen molar-refractivity contribution >= 4 is 65.3 Å². The molecule has 0 spiro atoms. The average Bonchev–Trinajstić information content (AvgIpc) is 3.37. The number of carbonyl (C=O) groups excluding carboxylic acids is 5. The van der Waals surface area contributed by atoms with E-state index in [0.29, 0.717) is 54.5 Å². The van der Waals surface area contributed by atoms with Gasteiger partial charge in [0.05, 0.1) is 32.2 Å². The Labute approximate surface area is 509 Å². The number of carboxylic acid groups (broad SMARTS) is 3. The lowest BCUT2D eigenvalue weighted by Gasteiger charge is -2.35. The predicted octanol–water partition coefficient (Wildman–Crippen LogP) is -0.885. The predicted molar refractivity (Wildman–Crippen MR) is 327 cm³/mol. The van der Waals surface area contributed by atoms with Crippen molar-refractivity contribution in [3.8, 4) is 11.5 Å². The fourth-order valence-electron chi connectivity index (χ4n) is 9.48. The van der Waals surface area contributed by atoms with E-state index in [1.165, 1.54) is 12.1 Å². The molecule has 2 unspecified atom stereocenters. The standard InChI is InChI=1S/C59H82N14O15/c1-2-47(76)62-22-24-66-59(87)69-58(60)65-20-9-14-45(56(85)67-35-40-15-17-43(75)18-16-40)68-57(86)51(41-10-4-3-5-11-41)42-12-8-13-44(34-42)88-33-7-6-19-63-52-53(55(84)54(52)83)64-23-21-61-46(39-74)73-31-29-71(37-49(79)80)27-25-70(36-48(77)78)26-28-72(30-32-73)38-50(81)82/h3-5,8,10-13,15-18,34,39,45-46,51,61,63-64,75H,2,6-7,9,14,19-33,35-38H2,1H3,(H,62,76)(H,67,85)(H,68,86)(H,77,78)(H,79,80)(H,81,82)(H4,60,65,66,69,87)/t45-,46?,51?/m1/s1. The highest BCUT2D eigenvalue weighted by Crippen LogP contribution is 2.28. The number of rotatable bonds is 35. The molecular formula is C59H82N14O15. The molecule has 0 radical (unpaired) electrons. The van der Waals surface area contributed by atoms with E-state index in [0.717, 1.165) is 0 Å². The van der Waals surface area contributed by atoms with Crippen molar-refractivity contribution in [2.24, 2.45) is 10.7 Å². The third-order valence-corrected chi connectivity index (χ3v) is 14.2. The molecule has 4 aromatic carbocycles. The zero-order valence-corrected chi connectivity index (χ0v) is 49.4. The van der Waals surface area contributed by atoms with Crippen molar-refractivity contribution in [3.05, 3.63) is 116 Å². The number of nitrogens with two attached hydrogens (primary N) is 1. The lowest BCUT2D eigenvalue weighted by Crippen LogP contribution is -2.54. The Hall–Kier alpha value is -9.03. The van der Waals surface area contributed by atoms with Gasteiger partial charge < -0.3 is 67.6 Å². The molecule has 0 bridgehead atoms. The monoisotopic (exact) mass is 1230 g/mol. The zero-order valence-electron chi connectivity index (χ0n) is 49.4. The largest absolute Gasteiger partial charge is 0.508 e. The molecule has 1 saturated heterocycles. The number of anilines is 2. The summed E-state index contributed by atoms with van der Waals surface area (Å²) in [7, 11) is 0. The van der Waals surface area contributed by atoms with Crippen LogP contribution in [0.5, 0.6) is 11.5 Å². The molecule has 1 heterocycles. The number of urea groups is 1. The van der Waals surface area contributed by atoms with Crippen LogP contribution in [0.1, 0.15) is 61.6 Å². The van der Waals surface area contributed by atoms with Gasteiger partial charge in [-0.15, -0.1) is 0 Å². The molecule has 88 heavy (non-hydrogen) atoms. The second-order valence-electron chi connectivity index (χ2n) is 20.8. The molecule has 0 aliphatic carbocycles. The molecule has 0 aromatic heterocycles. The Balaban J connectivity index is 1.14. The summed E-state index contributed by atoms with van der Waals surface area (Å²) in [5.41, 5.74) is 6.70. The van der Waals surface area contributed by atoms with Crippen LogP contribution in [0.2, 0.25) is 0 Å². The van der Waals surface area contributed by atoms with E-state index >= 15 is 0 Å². The van der Waals surface area contributed by atoms with Crippen LogP contribution in [0.3, 0.4) is 0 Å². The number of aromatic hydroxyl groups is 1. The Morgan fingerprint density at radius 3 is 1.83 bits per heavy atom. The van der Waals surface area contributed by atoms with E-state index in [1.54, 1.807) is 87.2 Å². The van der Waals surface area contributed by atoms with Crippen molar-refractivity contribution < 1.29 is 63.5 Å². The maximum atomic E-state index is 14.5. The number of ether oxygens (including phenoxy) is 1. The van der Waals surface area contributed by atoms with Crippen LogP contribution in [0.15, 0.2) is 93.4 Å². The second-order valence-corrected chi connectivity index (χ2v) is 20.8. The number of guanidine groups is 1. The van der Waals surface area contributed by atoms with Gasteiger partial charge in [-0.3, -0.25) is 73.6 Å². The van der Waals surface area contributed by atoms with Crippen LogP contribution in [-0.2, 0) is 40.1 Å². The summed E-state index contributed by atoms with van der Waals surface area (Å²) in [4.78, 5) is 136. The number of nitrogens with one attached hydrogen (secondary N) is 8. The minimum atomic E-state index is -1.08. The van der Waals surface area contributed by atoms with Gasteiger partial charge in [0, 0.05) is 105 Å². The molecule has 4 aromatic rings. The van der Waals surface area contributed by atoms with Crippen LogP contribution in [0.4, 0.5) is 16.2 Å². The first-order chi connectivity index (χ1) is 42.3. The van der Waals surface area contributed by atoms with Crippen molar-refractivity contribution in [2.45, 2.75) is 63.7 Å². The first kappa shape index (κ1) is 69.7. The molecule has 0 saturated carbocycles. The molecule has 29 heteroatoms. The molecule has 478 valence electrons. The minimum absolute atomic E-state index is 0.0631. The fraction of sp³-hybridized carbons (Fsp3) is 0.475. The van der Waals surface area contributed by atoms with Gasteiger partial charge in [-0.05, 0) is 66.6 Å². The first-order valence-corrected chi connectivity index (χ1v) is 29.1. The van der Waals surface area contributed by atoms with E-state index < -0.39 is 64.7 Å². The number of hydrogen-bond acceptors (Lipinski definition) is 20. The number of unbranched alkanes of at least 4 members (excludes halogenated alkanes) is 1. The van der Waals surface area contributed by atoms with Crippen LogP contribution < -0.4 is 63.9 Å². The van der Waals surface area contributed by atoms with Gasteiger partial charge in [0.15, 0.2) is 12.2 Å². The smallest absolute Gasteiger partial charge is 0.321 e. The van der Waals surface area contributed by atoms with E-state index in [2.05, 4.69) is 47.5 Å². The summed E-state index contributed by atoms with van der Waals surface area (Å²) in [5.74, 6) is -4.86. The number of phenolic OH excluding ortho intramolecular Hbond substituents is 1.